The summed E-state index contributed by atoms with van der Waals surface area (Å²) in [5, 5.41) is 0. The van der Waals surface area contributed by atoms with Crippen molar-refractivity contribution in [1.82, 2.24) is 0 Å². The Morgan fingerprint density at radius 3 is 2.21 bits per heavy atom. The molecule has 0 radical (unpaired) electrons. The SMILES string of the molecule is CC(C)C(COC(=O)/C=C/c1ccccc1)C(C)C. The monoisotopic (exact) mass is 260 g/mol. The molecule has 0 aliphatic heterocycles. The molecular formula is C17H24O2. The lowest BCUT2D eigenvalue weighted by Crippen LogP contribution is -2.23. The van der Waals surface area contributed by atoms with Gasteiger partial charge in [-0.25, -0.2) is 4.79 Å². The van der Waals surface area contributed by atoms with Crippen molar-refractivity contribution in [2.75, 3.05) is 6.61 Å². The van der Waals surface area contributed by atoms with Crippen LogP contribution in [0.25, 0.3) is 6.08 Å². The van der Waals surface area contributed by atoms with Crippen LogP contribution < -0.4 is 0 Å². The van der Waals surface area contributed by atoms with E-state index >= 15 is 0 Å². The second-order valence-electron chi connectivity index (χ2n) is 5.53. The molecule has 0 fully saturated rings. The van der Waals surface area contributed by atoms with Gasteiger partial charge in [-0.2, -0.15) is 0 Å². The second kappa shape index (κ2) is 7.78. The minimum atomic E-state index is -0.268. The minimum Gasteiger partial charge on any atom is -0.462 e. The summed E-state index contributed by atoms with van der Waals surface area (Å²) < 4.78 is 5.32. The molecule has 0 bridgehead atoms. The molecule has 2 heteroatoms. The van der Waals surface area contributed by atoms with E-state index in [1.165, 1.54) is 6.08 Å². The zero-order valence-electron chi connectivity index (χ0n) is 12.3. The van der Waals surface area contributed by atoms with Gasteiger partial charge in [0.25, 0.3) is 0 Å². The third kappa shape index (κ3) is 5.73. The van der Waals surface area contributed by atoms with Crippen molar-refractivity contribution >= 4 is 12.0 Å². The van der Waals surface area contributed by atoms with E-state index in [0.29, 0.717) is 24.4 Å². The van der Waals surface area contributed by atoms with Gasteiger partial charge in [-0.15, -0.1) is 0 Å². The summed E-state index contributed by atoms with van der Waals surface area (Å²) in [6, 6.07) is 9.74. The highest BCUT2D eigenvalue weighted by atomic mass is 16.5. The van der Waals surface area contributed by atoms with E-state index in [4.69, 9.17) is 4.74 Å². The number of esters is 1. The Balaban J connectivity index is 2.45. The standard InChI is InChI=1S/C17H24O2/c1-13(2)16(14(3)4)12-19-17(18)11-10-15-8-6-5-7-9-15/h5-11,13-14,16H,12H2,1-4H3/b11-10+. The molecule has 0 aromatic heterocycles. The molecule has 0 amide bonds. The lowest BCUT2D eigenvalue weighted by molar-refractivity contribution is -0.140. The lowest BCUT2D eigenvalue weighted by Gasteiger charge is -2.23. The number of carbonyl (C=O) groups is 1. The third-order valence-corrected chi connectivity index (χ3v) is 3.34. The van der Waals surface area contributed by atoms with Gasteiger partial charge in [-0.1, -0.05) is 58.0 Å². The van der Waals surface area contributed by atoms with Gasteiger partial charge in [0, 0.05) is 6.08 Å². The highest BCUT2D eigenvalue weighted by Crippen LogP contribution is 2.20. The fourth-order valence-electron chi connectivity index (χ4n) is 2.11. The van der Waals surface area contributed by atoms with Crippen molar-refractivity contribution < 1.29 is 9.53 Å². The van der Waals surface area contributed by atoms with Crippen LogP contribution in [0.15, 0.2) is 36.4 Å². The smallest absolute Gasteiger partial charge is 0.330 e. The van der Waals surface area contributed by atoms with Crippen LogP contribution in [-0.4, -0.2) is 12.6 Å². The van der Waals surface area contributed by atoms with Crippen LogP contribution in [0.3, 0.4) is 0 Å². The molecule has 0 saturated carbocycles. The van der Waals surface area contributed by atoms with Crippen molar-refractivity contribution in [3.63, 3.8) is 0 Å². The van der Waals surface area contributed by atoms with Crippen LogP contribution in [0.5, 0.6) is 0 Å². The molecule has 2 nitrogen and oxygen atoms in total. The van der Waals surface area contributed by atoms with Crippen LogP contribution in [0.2, 0.25) is 0 Å². The van der Waals surface area contributed by atoms with Crippen molar-refractivity contribution in [2.45, 2.75) is 27.7 Å². The molecule has 0 aliphatic rings. The molecule has 1 aromatic carbocycles. The lowest BCUT2D eigenvalue weighted by atomic mass is 9.86. The zero-order valence-corrected chi connectivity index (χ0v) is 12.3. The van der Waals surface area contributed by atoms with Gasteiger partial charge in [0.15, 0.2) is 0 Å². The maximum atomic E-state index is 11.7. The largest absolute Gasteiger partial charge is 0.462 e. The summed E-state index contributed by atoms with van der Waals surface area (Å²) in [6.45, 7) is 9.15. The predicted octanol–water partition coefficient (Wildman–Crippen LogP) is 4.17. The Morgan fingerprint density at radius 1 is 1.11 bits per heavy atom. The van der Waals surface area contributed by atoms with E-state index in [-0.39, 0.29) is 5.97 Å². The predicted molar refractivity (Wildman–Crippen MR) is 79.6 cm³/mol. The van der Waals surface area contributed by atoms with E-state index in [2.05, 4.69) is 27.7 Å². The van der Waals surface area contributed by atoms with Crippen molar-refractivity contribution in [3.8, 4) is 0 Å². The van der Waals surface area contributed by atoms with E-state index in [0.717, 1.165) is 5.56 Å². The molecule has 19 heavy (non-hydrogen) atoms. The molecule has 0 saturated heterocycles. The van der Waals surface area contributed by atoms with Crippen LogP contribution in [-0.2, 0) is 9.53 Å². The molecule has 0 N–H and O–H groups in total. The summed E-state index contributed by atoms with van der Waals surface area (Å²) >= 11 is 0. The Morgan fingerprint density at radius 2 is 1.68 bits per heavy atom. The highest BCUT2D eigenvalue weighted by molar-refractivity contribution is 5.87. The first-order valence-electron chi connectivity index (χ1n) is 6.90. The Kier molecular flexibility index (Phi) is 6.34. The van der Waals surface area contributed by atoms with Gasteiger partial charge < -0.3 is 4.74 Å². The van der Waals surface area contributed by atoms with E-state index in [9.17, 15) is 4.79 Å². The number of hydrogen-bond donors (Lipinski definition) is 0. The first-order valence-corrected chi connectivity index (χ1v) is 6.90. The highest BCUT2D eigenvalue weighted by Gasteiger charge is 2.18. The number of ether oxygens (including phenoxy) is 1. The Bertz CT molecular complexity index is 397. The minimum absolute atomic E-state index is 0.268. The first kappa shape index (κ1) is 15.5. The number of carbonyl (C=O) groups excluding carboxylic acids is 1. The van der Waals surface area contributed by atoms with Gasteiger partial charge >= 0.3 is 5.97 Å². The number of rotatable bonds is 6. The van der Waals surface area contributed by atoms with Gasteiger partial charge in [0.05, 0.1) is 6.61 Å². The fourth-order valence-corrected chi connectivity index (χ4v) is 2.11. The fraction of sp³-hybridized carbons (Fsp3) is 0.471. The molecule has 1 aromatic rings. The van der Waals surface area contributed by atoms with Crippen molar-refractivity contribution in [3.05, 3.63) is 42.0 Å². The van der Waals surface area contributed by atoms with E-state index in [1.54, 1.807) is 6.08 Å². The van der Waals surface area contributed by atoms with Crippen LogP contribution >= 0.6 is 0 Å². The molecular weight excluding hydrogens is 236 g/mol. The molecule has 0 heterocycles. The normalized spacial score (nSPS) is 11.7. The summed E-state index contributed by atoms with van der Waals surface area (Å²) in [5.41, 5.74) is 1.00. The summed E-state index contributed by atoms with van der Waals surface area (Å²) in [6.07, 6.45) is 3.27. The Labute approximate surface area is 116 Å². The maximum Gasteiger partial charge on any atom is 0.330 e. The quantitative estimate of drug-likeness (QED) is 0.567. The summed E-state index contributed by atoms with van der Waals surface area (Å²) in [4.78, 5) is 11.7. The number of benzene rings is 1. The summed E-state index contributed by atoms with van der Waals surface area (Å²) in [7, 11) is 0. The average molecular weight is 260 g/mol. The molecule has 0 aliphatic carbocycles. The first-order chi connectivity index (χ1) is 9.00. The Hall–Kier alpha value is -1.57. The molecule has 104 valence electrons. The van der Waals surface area contributed by atoms with Gasteiger partial charge in [0.2, 0.25) is 0 Å². The zero-order chi connectivity index (χ0) is 14.3. The molecule has 0 unspecified atom stereocenters. The van der Waals surface area contributed by atoms with E-state index in [1.807, 2.05) is 30.3 Å². The second-order valence-corrected chi connectivity index (χ2v) is 5.53. The van der Waals surface area contributed by atoms with Crippen LogP contribution in [0.4, 0.5) is 0 Å². The summed E-state index contributed by atoms with van der Waals surface area (Å²) in [5.74, 6) is 1.18. The molecule has 1 rings (SSSR count). The van der Waals surface area contributed by atoms with Crippen molar-refractivity contribution in [1.29, 1.82) is 0 Å². The topological polar surface area (TPSA) is 26.3 Å². The maximum absolute atomic E-state index is 11.7. The van der Waals surface area contributed by atoms with Crippen LogP contribution in [0.1, 0.15) is 33.3 Å². The molecule has 0 atom stereocenters. The molecule has 0 spiro atoms. The van der Waals surface area contributed by atoms with E-state index < -0.39 is 0 Å². The average Bonchev–Trinajstić information content (AvgIpc) is 2.37. The van der Waals surface area contributed by atoms with Gasteiger partial charge in [0.1, 0.15) is 0 Å². The van der Waals surface area contributed by atoms with Gasteiger partial charge in [-0.3, -0.25) is 0 Å². The number of hydrogen-bond acceptors (Lipinski definition) is 2. The third-order valence-electron chi connectivity index (χ3n) is 3.34. The van der Waals surface area contributed by atoms with Crippen molar-refractivity contribution in [2.24, 2.45) is 17.8 Å². The van der Waals surface area contributed by atoms with Gasteiger partial charge in [-0.05, 0) is 29.4 Å². The van der Waals surface area contributed by atoms with Crippen LogP contribution in [0, 0.1) is 17.8 Å².